The fraction of sp³-hybridized carbons (Fsp3) is 0.552. The van der Waals surface area contributed by atoms with Crippen molar-refractivity contribution >= 4 is 34.2 Å². The van der Waals surface area contributed by atoms with Crippen molar-refractivity contribution < 1.29 is 23.9 Å². The molecule has 6 rings (SSSR count). The molecule has 0 saturated heterocycles. The summed E-state index contributed by atoms with van der Waals surface area (Å²) in [7, 11) is 0. The first kappa shape index (κ1) is 25.0. The van der Waals surface area contributed by atoms with Gasteiger partial charge < -0.3 is 14.8 Å². The normalized spacial score (nSPS) is 28.1. The average Bonchev–Trinajstić information content (AvgIpc) is 3.16. The number of aryl methyl sites for hydroxylation is 1. The van der Waals surface area contributed by atoms with E-state index in [4.69, 9.17) is 9.47 Å². The number of ether oxygens (including phenoxy) is 2. The lowest BCUT2D eigenvalue weighted by Gasteiger charge is -2.61. The molecule has 7 heteroatoms. The van der Waals surface area contributed by atoms with Gasteiger partial charge in [-0.15, -0.1) is 11.3 Å². The third-order valence-corrected chi connectivity index (χ3v) is 9.57. The topological polar surface area (TPSA) is 81.7 Å². The number of anilines is 1. The van der Waals surface area contributed by atoms with Crippen molar-refractivity contribution in [2.45, 2.75) is 71.1 Å². The Labute approximate surface area is 216 Å². The van der Waals surface area contributed by atoms with E-state index in [0.29, 0.717) is 28.8 Å². The zero-order valence-electron chi connectivity index (χ0n) is 21.4. The summed E-state index contributed by atoms with van der Waals surface area (Å²) in [5, 5.41) is 3.27. The first-order chi connectivity index (χ1) is 17.3. The molecule has 0 unspecified atom stereocenters. The number of hydrogen-bond acceptors (Lipinski definition) is 6. The highest BCUT2D eigenvalue weighted by molar-refractivity contribution is 7.16. The second-order valence-corrected chi connectivity index (χ2v) is 12.2. The second kappa shape index (κ2) is 9.66. The molecule has 192 valence electrons. The van der Waals surface area contributed by atoms with Crippen LogP contribution in [0.3, 0.4) is 0 Å². The van der Waals surface area contributed by atoms with E-state index in [1.165, 1.54) is 23.3 Å². The predicted octanol–water partition coefficient (Wildman–Crippen LogP) is 5.82. The molecule has 4 aliphatic carbocycles. The Morgan fingerprint density at radius 2 is 1.72 bits per heavy atom. The standard InChI is InChI=1S/C29H35NO5S/c1-4-22-18(3)36-25(24(22)26(32)34-5-2)30-23(31)16-35-27(33)29-14-19-11-20(15-29)13-28(12-19,17-29)21-9-7-6-8-10-21/h6-10,19-20H,4-5,11-17H2,1-3H3,(H,30,31)/t19-,20-,28?,29?/m1/s1. The minimum absolute atomic E-state index is 0.0339. The fourth-order valence-electron chi connectivity index (χ4n) is 7.59. The highest BCUT2D eigenvalue weighted by Gasteiger charge is 2.61. The molecule has 4 saturated carbocycles. The van der Waals surface area contributed by atoms with Crippen molar-refractivity contribution in [3.05, 3.63) is 51.9 Å². The highest BCUT2D eigenvalue weighted by atomic mass is 32.1. The molecule has 1 N–H and O–H groups in total. The van der Waals surface area contributed by atoms with Crippen LogP contribution in [0.1, 0.15) is 78.7 Å². The maximum atomic E-state index is 13.5. The Balaban J connectivity index is 1.28. The first-order valence-electron chi connectivity index (χ1n) is 13.1. The predicted molar refractivity (Wildman–Crippen MR) is 139 cm³/mol. The van der Waals surface area contributed by atoms with Crippen LogP contribution in [-0.4, -0.2) is 31.1 Å². The van der Waals surface area contributed by atoms with E-state index in [0.717, 1.165) is 42.5 Å². The van der Waals surface area contributed by atoms with E-state index in [-0.39, 0.29) is 24.6 Å². The molecule has 1 aromatic heterocycles. The molecule has 1 aromatic carbocycles. The Kier molecular flexibility index (Phi) is 6.70. The zero-order chi connectivity index (χ0) is 25.5. The largest absolute Gasteiger partial charge is 0.462 e. The number of thiophene rings is 1. The molecule has 1 heterocycles. The van der Waals surface area contributed by atoms with Crippen molar-refractivity contribution in [1.29, 1.82) is 0 Å². The van der Waals surface area contributed by atoms with Crippen molar-refractivity contribution in [2.24, 2.45) is 17.3 Å². The van der Waals surface area contributed by atoms with Crippen LogP contribution in [0.5, 0.6) is 0 Å². The SMILES string of the molecule is CCOC(=O)c1c(NC(=O)COC(=O)C23C[C@@H]4C[C@@H](C2)CC(c2ccccc2)(C4)C3)sc(C)c1CC. The van der Waals surface area contributed by atoms with E-state index in [1.54, 1.807) is 6.92 Å². The van der Waals surface area contributed by atoms with Gasteiger partial charge in [0.05, 0.1) is 17.6 Å². The van der Waals surface area contributed by atoms with Crippen molar-refractivity contribution in [1.82, 2.24) is 0 Å². The molecule has 0 spiro atoms. The summed E-state index contributed by atoms with van der Waals surface area (Å²) in [5.74, 6) is -0.0524. The minimum Gasteiger partial charge on any atom is -0.462 e. The average molecular weight is 510 g/mol. The Morgan fingerprint density at radius 3 is 2.36 bits per heavy atom. The molecule has 2 atom stereocenters. The quantitative estimate of drug-likeness (QED) is 0.454. The Hall–Kier alpha value is -2.67. The molecule has 4 fully saturated rings. The van der Waals surface area contributed by atoms with Crippen LogP contribution in [0.2, 0.25) is 0 Å². The number of amides is 1. The van der Waals surface area contributed by atoms with Crippen molar-refractivity contribution in [3.63, 3.8) is 0 Å². The second-order valence-electron chi connectivity index (χ2n) is 10.9. The zero-order valence-corrected chi connectivity index (χ0v) is 22.2. The van der Waals surface area contributed by atoms with Crippen LogP contribution < -0.4 is 5.32 Å². The summed E-state index contributed by atoms with van der Waals surface area (Å²) in [4.78, 5) is 39.9. The molecule has 4 aliphatic rings. The number of carbonyl (C=O) groups is 3. The molecule has 1 amide bonds. The molecular formula is C29H35NO5S. The van der Waals surface area contributed by atoms with Gasteiger partial charge >= 0.3 is 11.9 Å². The smallest absolute Gasteiger partial charge is 0.341 e. The Bertz CT molecular complexity index is 1160. The van der Waals surface area contributed by atoms with Gasteiger partial charge in [-0.1, -0.05) is 37.3 Å². The lowest BCUT2D eigenvalue weighted by atomic mass is 9.43. The van der Waals surface area contributed by atoms with Gasteiger partial charge in [-0.25, -0.2) is 4.79 Å². The molecular weight excluding hydrogens is 474 g/mol. The summed E-state index contributed by atoms with van der Waals surface area (Å²) < 4.78 is 10.9. The number of rotatable bonds is 8. The van der Waals surface area contributed by atoms with Gasteiger partial charge in [0.25, 0.3) is 5.91 Å². The molecule has 0 radical (unpaired) electrons. The van der Waals surface area contributed by atoms with Gasteiger partial charge in [0.1, 0.15) is 5.00 Å². The van der Waals surface area contributed by atoms with E-state index < -0.39 is 17.3 Å². The minimum atomic E-state index is -0.509. The van der Waals surface area contributed by atoms with E-state index in [2.05, 4.69) is 29.6 Å². The van der Waals surface area contributed by atoms with Crippen LogP contribution in [0.4, 0.5) is 5.00 Å². The van der Waals surface area contributed by atoms with Gasteiger partial charge in [0.2, 0.25) is 0 Å². The summed E-state index contributed by atoms with van der Waals surface area (Å²) in [5.41, 5.74) is 2.15. The highest BCUT2D eigenvalue weighted by Crippen LogP contribution is 2.66. The van der Waals surface area contributed by atoms with Crippen LogP contribution in [0, 0.1) is 24.2 Å². The number of benzene rings is 1. The van der Waals surface area contributed by atoms with Gasteiger partial charge in [0.15, 0.2) is 6.61 Å². The van der Waals surface area contributed by atoms with Gasteiger partial charge in [-0.3, -0.25) is 9.59 Å². The lowest BCUT2D eigenvalue weighted by Crippen LogP contribution is -2.57. The third kappa shape index (κ3) is 4.36. The van der Waals surface area contributed by atoms with Gasteiger partial charge in [-0.05, 0) is 87.2 Å². The van der Waals surface area contributed by atoms with Gasteiger partial charge in [0, 0.05) is 4.88 Å². The monoisotopic (exact) mass is 509 g/mol. The summed E-state index contributed by atoms with van der Waals surface area (Å²) in [6.07, 6.45) is 6.64. The maximum absolute atomic E-state index is 13.5. The summed E-state index contributed by atoms with van der Waals surface area (Å²) in [6, 6.07) is 10.6. The van der Waals surface area contributed by atoms with E-state index in [1.807, 2.05) is 19.9 Å². The first-order valence-corrected chi connectivity index (χ1v) is 13.9. The lowest BCUT2D eigenvalue weighted by molar-refractivity contribution is -0.175. The van der Waals surface area contributed by atoms with Crippen LogP contribution in [0.25, 0.3) is 0 Å². The Morgan fingerprint density at radius 1 is 1.03 bits per heavy atom. The molecule has 2 aromatic rings. The fourth-order valence-corrected chi connectivity index (χ4v) is 8.74. The number of esters is 2. The van der Waals surface area contributed by atoms with Crippen molar-refractivity contribution in [2.75, 3.05) is 18.5 Å². The van der Waals surface area contributed by atoms with E-state index in [9.17, 15) is 14.4 Å². The number of carbonyl (C=O) groups excluding carboxylic acids is 3. The molecule has 6 nitrogen and oxygen atoms in total. The van der Waals surface area contributed by atoms with Crippen LogP contribution in [-0.2, 0) is 30.9 Å². The number of hydrogen-bond donors (Lipinski definition) is 1. The number of nitrogens with one attached hydrogen (secondary N) is 1. The summed E-state index contributed by atoms with van der Waals surface area (Å²) >= 11 is 1.35. The van der Waals surface area contributed by atoms with Crippen molar-refractivity contribution in [3.8, 4) is 0 Å². The molecule has 36 heavy (non-hydrogen) atoms. The maximum Gasteiger partial charge on any atom is 0.341 e. The van der Waals surface area contributed by atoms with E-state index >= 15 is 0 Å². The third-order valence-electron chi connectivity index (χ3n) is 8.51. The molecule has 4 bridgehead atoms. The van der Waals surface area contributed by atoms with Crippen LogP contribution >= 0.6 is 11.3 Å². The van der Waals surface area contributed by atoms with Gasteiger partial charge in [-0.2, -0.15) is 0 Å². The van der Waals surface area contributed by atoms with Crippen LogP contribution in [0.15, 0.2) is 30.3 Å². The molecule has 0 aliphatic heterocycles. The summed E-state index contributed by atoms with van der Waals surface area (Å²) in [6.45, 7) is 5.56.